The standard InChI is InChI=1S/C18H20N4O5/c1-11-13(10-19)17(23)22(7-8-25-2)18(24)16(11)21-20-14-9-12(26-3)5-6-15(14)27-4/h5-6,9,23H,7-8H2,1-4H3. The van der Waals surface area contributed by atoms with Crippen LogP contribution < -0.4 is 15.0 Å². The Morgan fingerprint density at radius 2 is 1.96 bits per heavy atom. The maximum Gasteiger partial charge on any atom is 0.281 e. The average Bonchev–Trinajstić information content (AvgIpc) is 2.68. The fraction of sp³-hybridized carbons (Fsp3) is 0.333. The Kier molecular flexibility index (Phi) is 6.51. The molecule has 0 aliphatic carbocycles. The summed E-state index contributed by atoms with van der Waals surface area (Å²) in [7, 11) is 4.47. The molecule has 0 aliphatic heterocycles. The number of benzene rings is 1. The third-order valence-electron chi connectivity index (χ3n) is 3.93. The van der Waals surface area contributed by atoms with Gasteiger partial charge in [-0.25, -0.2) is 0 Å². The van der Waals surface area contributed by atoms with Crippen LogP contribution in [-0.4, -0.2) is 37.6 Å². The lowest BCUT2D eigenvalue weighted by molar-refractivity contribution is 0.182. The molecule has 0 spiro atoms. The SMILES string of the molecule is COCCn1c(O)c(C#N)c(C)c(N=Nc2cc(OC)ccc2OC)c1=O. The normalized spacial score (nSPS) is 10.8. The van der Waals surface area contributed by atoms with Gasteiger partial charge in [-0.1, -0.05) is 0 Å². The number of hydrogen-bond acceptors (Lipinski definition) is 8. The van der Waals surface area contributed by atoms with Crippen LogP contribution in [0.1, 0.15) is 11.1 Å². The summed E-state index contributed by atoms with van der Waals surface area (Å²) >= 11 is 0. The molecule has 0 radical (unpaired) electrons. The molecule has 1 N–H and O–H groups in total. The Bertz CT molecular complexity index is 960. The predicted octanol–water partition coefficient (Wildman–Crippen LogP) is 2.81. The molecular formula is C18H20N4O5. The van der Waals surface area contributed by atoms with Crippen molar-refractivity contribution >= 4 is 11.4 Å². The molecule has 9 heteroatoms. The Morgan fingerprint density at radius 1 is 1.22 bits per heavy atom. The molecular weight excluding hydrogens is 352 g/mol. The number of hydrogen-bond donors (Lipinski definition) is 1. The summed E-state index contributed by atoms with van der Waals surface area (Å²) in [6, 6.07) is 6.86. The van der Waals surface area contributed by atoms with Crippen LogP contribution in [0.15, 0.2) is 33.2 Å². The first-order chi connectivity index (χ1) is 13.0. The van der Waals surface area contributed by atoms with Gasteiger partial charge in [-0.05, 0) is 19.1 Å². The van der Waals surface area contributed by atoms with Crippen LogP contribution >= 0.6 is 0 Å². The van der Waals surface area contributed by atoms with E-state index in [1.54, 1.807) is 18.2 Å². The van der Waals surface area contributed by atoms with Gasteiger partial charge in [0.2, 0.25) is 5.88 Å². The third-order valence-corrected chi connectivity index (χ3v) is 3.93. The zero-order valence-corrected chi connectivity index (χ0v) is 15.5. The molecule has 1 aromatic heterocycles. The first-order valence-corrected chi connectivity index (χ1v) is 7.97. The van der Waals surface area contributed by atoms with Crippen molar-refractivity contribution < 1.29 is 19.3 Å². The Hall–Kier alpha value is -3.38. The number of nitrogens with zero attached hydrogens (tertiary/aromatic N) is 4. The zero-order chi connectivity index (χ0) is 20.0. The summed E-state index contributed by atoms with van der Waals surface area (Å²) in [6.45, 7) is 1.78. The van der Waals surface area contributed by atoms with E-state index in [1.807, 2.05) is 6.07 Å². The summed E-state index contributed by atoms with van der Waals surface area (Å²) in [4.78, 5) is 12.7. The number of nitriles is 1. The van der Waals surface area contributed by atoms with Crippen LogP contribution in [-0.2, 0) is 11.3 Å². The van der Waals surface area contributed by atoms with E-state index in [9.17, 15) is 15.2 Å². The van der Waals surface area contributed by atoms with Crippen molar-refractivity contribution in [2.75, 3.05) is 27.9 Å². The Balaban J connectivity index is 2.61. The van der Waals surface area contributed by atoms with Crippen molar-refractivity contribution in [3.8, 4) is 23.4 Å². The quantitative estimate of drug-likeness (QED) is 0.747. The molecule has 2 aromatic rings. The van der Waals surface area contributed by atoms with Crippen molar-refractivity contribution in [1.82, 2.24) is 4.57 Å². The second-order valence-electron chi connectivity index (χ2n) is 5.47. The summed E-state index contributed by atoms with van der Waals surface area (Å²) in [5, 5.41) is 27.7. The van der Waals surface area contributed by atoms with Crippen LogP contribution in [0, 0.1) is 18.3 Å². The topological polar surface area (TPSA) is 118 Å². The van der Waals surface area contributed by atoms with Crippen LogP contribution in [0.25, 0.3) is 0 Å². The van der Waals surface area contributed by atoms with Crippen LogP contribution in [0.5, 0.6) is 17.4 Å². The molecule has 0 bridgehead atoms. The lowest BCUT2D eigenvalue weighted by atomic mass is 10.1. The van der Waals surface area contributed by atoms with Crippen molar-refractivity contribution in [2.45, 2.75) is 13.5 Å². The monoisotopic (exact) mass is 372 g/mol. The van der Waals surface area contributed by atoms with Crippen LogP contribution in [0.4, 0.5) is 11.4 Å². The van der Waals surface area contributed by atoms with Crippen molar-refractivity contribution in [3.05, 3.63) is 39.7 Å². The van der Waals surface area contributed by atoms with Gasteiger partial charge in [-0.2, -0.15) is 5.26 Å². The molecule has 27 heavy (non-hydrogen) atoms. The number of pyridine rings is 1. The minimum Gasteiger partial charge on any atom is -0.497 e. The molecule has 1 heterocycles. The molecule has 0 unspecified atom stereocenters. The second kappa shape index (κ2) is 8.82. The van der Waals surface area contributed by atoms with Gasteiger partial charge in [0.05, 0.1) is 27.4 Å². The molecule has 142 valence electrons. The summed E-state index contributed by atoms with van der Waals surface area (Å²) in [5.41, 5.74) is -0.0841. The molecule has 0 saturated heterocycles. The van der Waals surface area contributed by atoms with E-state index in [2.05, 4.69) is 10.2 Å². The highest BCUT2D eigenvalue weighted by atomic mass is 16.5. The molecule has 0 atom stereocenters. The predicted molar refractivity (Wildman–Crippen MR) is 97.4 cm³/mol. The van der Waals surface area contributed by atoms with E-state index < -0.39 is 11.4 Å². The fourth-order valence-electron chi connectivity index (χ4n) is 2.43. The highest BCUT2D eigenvalue weighted by molar-refractivity contribution is 5.58. The van der Waals surface area contributed by atoms with Gasteiger partial charge in [0.25, 0.3) is 5.56 Å². The smallest absolute Gasteiger partial charge is 0.281 e. The Labute approximate surface area is 156 Å². The summed E-state index contributed by atoms with van der Waals surface area (Å²) in [5.74, 6) is 0.563. The number of aromatic hydroxyl groups is 1. The molecule has 1 aromatic carbocycles. The van der Waals surface area contributed by atoms with Gasteiger partial charge in [0.15, 0.2) is 5.69 Å². The lowest BCUT2D eigenvalue weighted by Gasteiger charge is -2.12. The van der Waals surface area contributed by atoms with E-state index >= 15 is 0 Å². The number of rotatable bonds is 7. The van der Waals surface area contributed by atoms with Crippen LogP contribution in [0.2, 0.25) is 0 Å². The van der Waals surface area contributed by atoms with E-state index in [1.165, 1.54) is 28.3 Å². The largest absolute Gasteiger partial charge is 0.497 e. The van der Waals surface area contributed by atoms with Gasteiger partial charge in [-0.15, -0.1) is 10.2 Å². The van der Waals surface area contributed by atoms with E-state index in [-0.39, 0.29) is 30.0 Å². The van der Waals surface area contributed by atoms with E-state index in [0.29, 0.717) is 17.2 Å². The van der Waals surface area contributed by atoms with Crippen molar-refractivity contribution in [2.24, 2.45) is 10.2 Å². The van der Waals surface area contributed by atoms with Gasteiger partial charge < -0.3 is 19.3 Å². The van der Waals surface area contributed by atoms with E-state index in [4.69, 9.17) is 14.2 Å². The minimum absolute atomic E-state index is 0.0442. The second-order valence-corrected chi connectivity index (χ2v) is 5.47. The minimum atomic E-state index is -0.577. The first-order valence-electron chi connectivity index (χ1n) is 7.97. The van der Waals surface area contributed by atoms with E-state index in [0.717, 1.165) is 4.57 Å². The highest BCUT2D eigenvalue weighted by Crippen LogP contribution is 2.33. The van der Waals surface area contributed by atoms with Crippen molar-refractivity contribution in [3.63, 3.8) is 0 Å². The maximum absolute atomic E-state index is 12.7. The average molecular weight is 372 g/mol. The number of methoxy groups -OCH3 is 3. The molecule has 2 rings (SSSR count). The van der Waals surface area contributed by atoms with Gasteiger partial charge in [0.1, 0.15) is 28.8 Å². The summed E-state index contributed by atoms with van der Waals surface area (Å²) in [6.07, 6.45) is 0. The third kappa shape index (κ3) is 4.07. The van der Waals surface area contributed by atoms with Crippen LogP contribution in [0.3, 0.4) is 0 Å². The number of azo groups is 1. The molecule has 0 fully saturated rings. The van der Waals surface area contributed by atoms with Gasteiger partial charge >= 0.3 is 0 Å². The van der Waals surface area contributed by atoms with Crippen molar-refractivity contribution in [1.29, 1.82) is 5.26 Å². The summed E-state index contributed by atoms with van der Waals surface area (Å²) < 4.78 is 16.4. The molecule has 0 aliphatic rings. The molecule has 0 amide bonds. The lowest BCUT2D eigenvalue weighted by Crippen LogP contribution is -2.23. The van der Waals surface area contributed by atoms with Gasteiger partial charge in [0, 0.05) is 18.7 Å². The fourth-order valence-corrected chi connectivity index (χ4v) is 2.43. The van der Waals surface area contributed by atoms with Gasteiger partial charge in [-0.3, -0.25) is 9.36 Å². The molecule has 0 saturated carbocycles. The highest BCUT2D eigenvalue weighted by Gasteiger charge is 2.19. The first kappa shape index (κ1) is 19.9. The Morgan fingerprint density at radius 3 is 2.56 bits per heavy atom. The zero-order valence-electron chi connectivity index (χ0n) is 15.5. The molecule has 9 nitrogen and oxygen atoms in total. The number of aromatic nitrogens is 1. The maximum atomic E-state index is 12.7. The number of ether oxygens (including phenoxy) is 3.